The fourth-order valence-corrected chi connectivity index (χ4v) is 4.46. The quantitative estimate of drug-likeness (QED) is 0.856. The molecule has 0 aromatic heterocycles. The van der Waals surface area contributed by atoms with Gasteiger partial charge in [0.1, 0.15) is 12.0 Å². The minimum absolute atomic E-state index is 0.135. The number of rotatable bonds is 3. The second-order valence-corrected chi connectivity index (χ2v) is 8.95. The van der Waals surface area contributed by atoms with Gasteiger partial charge >= 0.3 is 0 Å². The van der Waals surface area contributed by atoms with Crippen LogP contribution in [0.1, 0.15) is 33.9 Å². The molecule has 3 rings (SSSR count). The fourth-order valence-electron chi connectivity index (χ4n) is 3.38. The second kappa shape index (κ2) is 6.25. The molecule has 0 spiro atoms. The van der Waals surface area contributed by atoms with Crippen LogP contribution in [0, 0.1) is 17.1 Å². The summed E-state index contributed by atoms with van der Waals surface area (Å²) in [5.41, 5.74) is 8.92. The van der Waals surface area contributed by atoms with E-state index in [0.29, 0.717) is 22.4 Å². The number of nitriles is 1. The number of nitrogens with zero attached hydrogens (tertiary/aromatic N) is 1. The maximum absolute atomic E-state index is 14.2. The molecule has 0 fully saturated rings. The van der Waals surface area contributed by atoms with E-state index in [4.69, 9.17) is 11.0 Å². The predicted molar refractivity (Wildman–Crippen MR) is 95.3 cm³/mol. The largest absolute Gasteiger partial charge is 0.322 e. The Bertz CT molecular complexity index is 993. The van der Waals surface area contributed by atoms with Crippen molar-refractivity contribution in [3.63, 3.8) is 0 Å². The van der Waals surface area contributed by atoms with E-state index < -0.39 is 27.6 Å². The van der Waals surface area contributed by atoms with E-state index in [1.807, 2.05) is 6.07 Å². The average Bonchev–Trinajstić information content (AvgIpc) is 2.82. The van der Waals surface area contributed by atoms with Gasteiger partial charge in [0.15, 0.2) is 0 Å². The van der Waals surface area contributed by atoms with Gasteiger partial charge in [0.25, 0.3) is 0 Å². The first kappa shape index (κ1) is 17.6. The molecular formula is C19H18F2N2OS. The van der Waals surface area contributed by atoms with Crippen LogP contribution < -0.4 is 5.73 Å². The molecule has 0 saturated heterocycles. The molecule has 130 valence electrons. The van der Waals surface area contributed by atoms with E-state index >= 15 is 0 Å². The summed E-state index contributed by atoms with van der Waals surface area (Å²) in [5.74, 6) is 3.20. The minimum atomic E-state index is -2.54. The number of benzene rings is 2. The topological polar surface area (TPSA) is 66.9 Å². The van der Waals surface area contributed by atoms with Crippen LogP contribution in [0.4, 0.5) is 8.78 Å². The first-order chi connectivity index (χ1) is 11.7. The van der Waals surface area contributed by atoms with Gasteiger partial charge in [-0.25, -0.2) is 8.78 Å². The number of halogens is 2. The van der Waals surface area contributed by atoms with Crippen molar-refractivity contribution in [3.8, 4) is 6.07 Å². The summed E-state index contributed by atoms with van der Waals surface area (Å²) < 4.78 is 40.3. The molecule has 2 aromatic rings. The predicted octanol–water partition coefficient (Wildman–Crippen LogP) is 2.89. The minimum Gasteiger partial charge on any atom is -0.322 e. The summed E-state index contributed by atoms with van der Waals surface area (Å²) in [4.78, 5) is 0.482. The fraction of sp³-hybridized carbons (Fsp3) is 0.263. The summed E-state index contributed by atoms with van der Waals surface area (Å²) in [5, 5.41) is 8.98. The van der Waals surface area contributed by atoms with Crippen molar-refractivity contribution in [1.29, 1.82) is 5.26 Å². The van der Waals surface area contributed by atoms with E-state index in [1.165, 1.54) is 18.4 Å². The molecule has 0 heterocycles. The Hall–Kier alpha value is -2.23. The zero-order valence-corrected chi connectivity index (χ0v) is 14.6. The highest BCUT2D eigenvalue weighted by Crippen LogP contribution is 2.39. The molecule has 2 aromatic carbocycles. The number of nitrogens with two attached hydrogens (primary N) is 1. The Labute approximate surface area is 146 Å². The third-order valence-electron chi connectivity index (χ3n) is 4.48. The number of fused-ring (bicyclic) bond motifs is 1. The lowest BCUT2D eigenvalue weighted by Gasteiger charge is -2.16. The van der Waals surface area contributed by atoms with Gasteiger partial charge in [0.2, 0.25) is 0 Å². The van der Waals surface area contributed by atoms with Gasteiger partial charge in [-0.15, -0.1) is 0 Å². The molecular weight excluding hydrogens is 342 g/mol. The summed E-state index contributed by atoms with van der Waals surface area (Å²) in [6, 6.07) is 8.65. The molecule has 3 unspecified atom stereocenters. The van der Waals surface area contributed by atoms with Gasteiger partial charge in [0, 0.05) is 17.6 Å². The molecule has 0 bridgehead atoms. The van der Waals surface area contributed by atoms with Gasteiger partial charge in [-0.1, -0.05) is 6.07 Å². The Morgan fingerprint density at radius 3 is 2.76 bits per heavy atom. The maximum Gasteiger partial charge on any atom is 0.124 e. The van der Waals surface area contributed by atoms with Gasteiger partial charge in [-0.2, -0.15) is 5.26 Å². The van der Waals surface area contributed by atoms with Gasteiger partial charge in [0.05, 0.1) is 17.7 Å². The van der Waals surface area contributed by atoms with Gasteiger partial charge in [-0.05, 0) is 68.3 Å². The van der Waals surface area contributed by atoms with E-state index in [9.17, 15) is 13.0 Å². The molecule has 3 atom stereocenters. The molecule has 0 aliphatic heterocycles. The lowest BCUT2D eigenvalue weighted by atomic mass is 9.96. The standard InChI is InChI=1S/C19H18F2N2OS/c1-25(2,24)17-4-3-13(15-9-16(21)19(23)18(15)17)6-11-5-12(10-22)8-14(20)7-11/h3-5,7-8,16,19H,1,6,9,23H2,2H3. The van der Waals surface area contributed by atoms with Crippen molar-refractivity contribution in [3.05, 3.63) is 64.0 Å². The second-order valence-electron chi connectivity index (χ2n) is 6.50. The van der Waals surface area contributed by atoms with Crippen LogP contribution in [-0.4, -0.2) is 22.5 Å². The lowest BCUT2D eigenvalue weighted by molar-refractivity contribution is 0.302. The molecule has 1 aliphatic rings. The van der Waals surface area contributed by atoms with E-state index in [0.717, 1.165) is 11.1 Å². The number of alkyl halides is 1. The Kier molecular flexibility index (Phi) is 4.40. The molecule has 0 radical (unpaired) electrons. The molecule has 6 heteroatoms. The summed E-state index contributed by atoms with van der Waals surface area (Å²) in [6.07, 6.45) is 0.734. The van der Waals surface area contributed by atoms with E-state index in [2.05, 4.69) is 5.87 Å². The van der Waals surface area contributed by atoms with E-state index in [-0.39, 0.29) is 12.0 Å². The highest BCUT2D eigenvalue weighted by molar-refractivity contribution is 7.99. The zero-order valence-electron chi connectivity index (χ0n) is 13.8. The van der Waals surface area contributed by atoms with Crippen LogP contribution >= 0.6 is 0 Å². The summed E-state index contributed by atoms with van der Waals surface area (Å²) in [6.45, 7) is 0. The van der Waals surface area contributed by atoms with Crippen LogP contribution in [0.2, 0.25) is 0 Å². The molecule has 3 nitrogen and oxygen atoms in total. The molecule has 1 aliphatic carbocycles. The van der Waals surface area contributed by atoms with Crippen molar-refractivity contribution in [1.82, 2.24) is 0 Å². The number of hydrogen-bond donors (Lipinski definition) is 1. The molecule has 2 N–H and O–H groups in total. The van der Waals surface area contributed by atoms with Crippen LogP contribution in [0.25, 0.3) is 0 Å². The highest BCUT2D eigenvalue weighted by Gasteiger charge is 2.34. The Balaban J connectivity index is 2.11. The van der Waals surface area contributed by atoms with E-state index in [1.54, 1.807) is 18.2 Å². The molecule has 25 heavy (non-hydrogen) atoms. The first-order valence-electron chi connectivity index (χ1n) is 7.77. The normalized spacial score (nSPS) is 21.4. The SMILES string of the molecule is C=S(C)(=O)c1ccc(Cc2cc(F)cc(C#N)c2)c2c1C(N)C(F)C2. The van der Waals surface area contributed by atoms with Crippen molar-refractivity contribution in [2.24, 2.45) is 5.73 Å². The van der Waals surface area contributed by atoms with Crippen LogP contribution in [0.15, 0.2) is 35.2 Å². The third-order valence-corrected chi connectivity index (χ3v) is 5.77. The monoisotopic (exact) mass is 360 g/mol. The van der Waals surface area contributed by atoms with Crippen molar-refractivity contribution in [2.75, 3.05) is 6.26 Å². The van der Waals surface area contributed by atoms with Crippen LogP contribution in [0.5, 0.6) is 0 Å². The average molecular weight is 360 g/mol. The van der Waals surface area contributed by atoms with Crippen LogP contribution in [-0.2, 0) is 22.4 Å². The highest BCUT2D eigenvalue weighted by atomic mass is 32.2. The lowest BCUT2D eigenvalue weighted by Crippen LogP contribution is -2.19. The number of hydrogen-bond acceptors (Lipinski definition) is 3. The smallest absolute Gasteiger partial charge is 0.124 e. The first-order valence-corrected chi connectivity index (χ1v) is 9.90. The molecule has 0 amide bonds. The Morgan fingerprint density at radius 2 is 2.12 bits per heavy atom. The summed E-state index contributed by atoms with van der Waals surface area (Å²) in [7, 11) is -2.54. The van der Waals surface area contributed by atoms with Gasteiger partial charge in [-0.3, -0.25) is 4.21 Å². The zero-order chi connectivity index (χ0) is 18.4. The van der Waals surface area contributed by atoms with Crippen molar-refractivity contribution in [2.45, 2.75) is 30.0 Å². The summed E-state index contributed by atoms with van der Waals surface area (Å²) >= 11 is 0. The maximum atomic E-state index is 14.2. The van der Waals surface area contributed by atoms with Crippen LogP contribution in [0.3, 0.4) is 0 Å². The Morgan fingerprint density at radius 1 is 1.40 bits per heavy atom. The third kappa shape index (κ3) is 3.30. The van der Waals surface area contributed by atoms with Gasteiger partial charge < -0.3 is 5.73 Å². The van der Waals surface area contributed by atoms with Crippen molar-refractivity contribution >= 4 is 15.4 Å². The molecule has 0 saturated carbocycles. The van der Waals surface area contributed by atoms with Crippen molar-refractivity contribution < 1.29 is 13.0 Å².